The van der Waals surface area contributed by atoms with E-state index in [9.17, 15) is 5.11 Å². The van der Waals surface area contributed by atoms with Crippen molar-refractivity contribution in [2.75, 3.05) is 6.61 Å². The summed E-state index contributed by atoms with van der Waals surface area (Å²) in [7, 11) is 0. The predicted octanol–water partition coefficient (Wildman–Crippen LogP) is 9.11. The van der Waals surface area contributed by atoms with Gasteiger partial charge in [-0.1, -0.05) is 101 Å². The highest BCUT2D eigenvalue weighted by atomic mass is 16.5. The number of aromatic nitrogens is 3. The average Bonchev–Trinajstić information content (AvgIpc) is 3.34. The molecule has 0 aliphatic carbocycles. The van der Waals surface area contributed by atoms with Crippen molar-refractivity contribution < 1.29 is 14.3 Å². The molecule has 1 N–H and O–H groups in total. The fourth-order valence-corrected chi connectivity index (χ4v) is 4.95. The number of para-hydroxylation sites is 2. The molecule has 2 aromatic heterocycles. The minimum Gasteiger partial charge on any atom is -0.507 e. The SMILES string of the molecule is CCCCCCCCCCCCOc1nc(-c2ccc3c(c2)oc2ccccc23)nc(-c2ccccc2O)n1. The number of nitrogens with zero attached hydrogens (tertiary/aromatic N) is 3. The first-order chi connectivity index (χ1) is 19.2. The average molecular weight is 524 g/mol. The Morgan fingerprint density at radius 1 is 0.667 bits per heavy atom. The van der Waals surface area contributed by atoms with Crippen LogP contribution in [-0.4, -0.2) is 26.7 Å². The molecule has 0 fully saturated rings. The van der Waals surface area contributed by atoms with Gasteiger partial charge in [-0.15, -0.1) is 0 Å². The summed E-state index contributed by atoms with van der Waals surface area (Å²) in [6.45, 7) is 2.80. The highest BCUT2D eigenvalue weighted by molar-refractivity contribution is 6.05. The fraction of sp³-hybridized carbons (Fsp3) is 0.364. The number of benzene rings is 3. The molecule has 0 atom stereocenters. The molecule has 0 aliphatic rings. The second-order valence-electron chi connectivity index (χ2n) is 10.1. The van der Waals surface area contributed by atoms with E-state index in [0.717, 1.165) is 40.3 Å². The molecule has 202 valence electrons. The van der Waals surface area contributed by atoms with Gasteiger partial charge in [-0.2, -0.15) is 9.97 Å². The molecule has 5 aromatic rings. The Labute approximate surface area is 230 Å². The maximum atomic E-state index is 10.5. The number of rotatable bonds is 14. The van der Waals surface area contributed by atoms with Gasteiger partial charge in [-0.25, -0.2) is 4.98 Å². The molecular formula is C33H37N3O3. The molecule has 0 amide bonds. The standard InChI is InChI=1S/C33H37N3O3/c1-2-3-4-5-6-7-8-9-10-15-22-38-33-35-31(34-32(36-33)27-17-11-13-18-28(27)37)24-20-21-26-25-16-12-14-19-29(25)39-30(26)23-24/h11-14,16-21,23,37H,2-10,15,22H2,1H3. The zero-order valence-corrected chi connectivity index (χ0v) is 22.7. The molecule has 0 spiro atoms. The maximum absolute atomic E-state index is 10.5. The van der Waals surface area contributed by atoms with Crippen LogP contribution in [0.2, 0.25) is 0 Å². The Balaban J connectivity index is 1.29. The van der Waals surface area contributed by atoms with Crippen LogP contribution in [0.15, 0.2) is 71.1 Å². The second-order valence-corrected chi connectivity index (χ2v) is 10.1. The van der Waals surface area contributed by atoms with Crippen LogP contribution >= 0.6 is 0 Å². The van der Waals surface area contributed by atoms with Crippen molar-refractivity contribution in [3.05, 3.63) is 66.7 Å². The Kier molecular flexibility index (Phi) is 9.05. The van der Waals surface area contributed by atoms with Crippen LogP contribution in [0.4, 0.5) is 0 Å². The van der Waals surface area contributed by atoms with Crippen molar-refractivity contribution in [3.63, 3.8) is 0 Å². The number of aromatic hydroxyl groups is 1. The highest BCUT2D eigenvalue weighted by Crippen LogP contribution is 2.33. The summed E-state index contributed by atoms with van der Waals surface area (Å²) in [6.07, 6.45) is 12.6. The van der Waals surface area contributed by atoms with Gasteiger partial charge in [0, 0.05) is 16.3 Å². The van der Waals surface area contributed by atoms with E-state index in [1.807, 2.05) is 42.5 Å². The first-order valence-electron chi connectivity index (χ1n) is 14.3. The van der Waals surface area contributed by atoms with Crippen molar-refractivity contribution in [3.8, 4) is 34.5 Å². The normalized spacial score (nSPS) is 11.4. The minimum atomic E-state index is 0.114. The van der Waals surface area contributed by atoms with Crippen molar-refractivity contribution in [1.82, 2.24) is 15.0 Å². The van der Waals surface area contributed by atoms with Crippen LogP contribution in [0.3, 0.4) is 0 Å². The summed E-state index contributed by atoms with van der Waals surface area (Å²) in [4.78, 5) is 13.9. The van der Waals surface area contributed by atoms with Crippen LogP contribution in [0, 0.1) is 0 Å². The monoisotopic (exact) mass is 523 g/mol. The molecule has 0 aliphatic heterocycles. The van der Waals surface area contributed by atoms with Crippen LogP contribution in [0.1, 0.15) is 71.1 Å². The Morgan fingerprint density at radius 2 is 1.33 bits per heavy atom. The molecule has 0 saturated heterocycles. The second kappa shape index (κ2) is 13.2. The molecule has 5 rings (SSSR count). The molecule has 6 heteroatoms. The number of ether oxygens (including phenoxy) is 1. The van der Waals surface area contributed by atoms with Gasteiger partial charge in [-0.05, 0) is 36.8 Å². The third-order valence-corrected chi connectivity index (χ3v) is 7.13. The summed E-state index contributed by atoms with van der Waals surface area (Å²) in [5.41, 5.74) is 2.95. The van der Waals surface area contributed by atoms with Gasteiger partial charge in [0.1, 0.15) is 16.9 Å². The molecule has 3 aromatic carbocycles. The Morgan fingerprint density at radius 3 is 2.13 bits per heavy atom. The zero-order valence-electron chi connectivity index (χ0n) is 22.7. The number of fused-ring (bicyclic) bond motifs is 3. The van der Waals surface area contributed by atoms with E-state index in [2.05, 4.69) is 23.0 Å². The van der Waals surface area contributed by atoms with Crippen molar-refractivity contribution in [2.24, 2.45) is 0 Å². The third-order valence-electron chi connectivity index (χ3n) is 7.13. The molecule has 39 heavy (non-hydrogen) atoms. The Hall–Kier alpha value is -3.93. The van der Waals surface area contributed by atoms with Crippen molar-refractivity contribution >= 4 is 21.9 Å². The number of phenolic OH excluding ortho intramolecular Hbond substituents is 1. The van der Waals surface area contributed by atoms with Crippen LogP contribution in [0.25, 0.3) is 44.7 Å². The van der Waals surface area contributed by atoms with Crippen LogP contribution < -0.4 is 4.74 Å². The van der Waals surface area contributed by atoms with E-state index in [-0.39, 0.29) is 11.8 Å². The number of unbranched alkanes of at least 4 members (excludes halogenated alkanes) is 9. The van der Waals surface area contributed by atoms with Gasteiger partial charge < -0.3 is 14.3 Å². The van der Waals surface area contributed by atoms with E-state index in [1.165, 1.54) is 51.4 Å². The van der Waals surface area contributed by atoms with E-state index in [1.54, 1.807) is 18.2 Å². The summed E-state index contributed by atoms with van der Waals surface area (Å²) in [6, 6.07) is 21.3. The number of phenols is 1. The molecule has 0 radical (unpaired) electrons. The fourth-order valence-electron chi connectivity index (χ4n) is 4.95. The molecule has 0 bridgehead atoms. The zero-order chi connectivity index (χ0) is 26.9. The highest BCUT2D eigenvalue weighted by Gasteiger charge is 2.15. The van der Waals surface area contributed by atoms with Gasteiger partial charge in [0.25, 0.3) is 0 Å². The van der Waals surface area contributed by atoms with Gasteiger partial charge in [0.2, 0.25) is 0 Å². The lowest BCUT2D eigenvalue weighted by molar-refractivity contribution is 0.281. The quantitative estimate of drug-likeness (QED) is 0.146. The van der Waals surface area contributed by atoms with Gasteiger partial charge in [0.15, 0.2) is 11.6 Å². The van der Waals surface area contributed by atoms with E-state index in [4.69, 9.17) is 14.1 Å². The largest absolute Gasteiger partial charge is 0.507 e. The Bertz CT molecular complexity index is 1510. The van der Waals surface area contributed by atoms with Crippen LogP contribution in [0.5, 0.6) is 11.8 Å². The molecule has 0 unspecified atom stereocenters. The van der Waals surface area contributed by atoms with Gasteiger partial charge in [-0.3, -0.25) is 0 Å². The number of furan rings is 1. The summed E-state index contributed by atoms with van der Waals surface area (Å²) in [5.74, 6) is 0.965. The first-order valence-corrected chi connectivity index (χ1v) is 14.3. The van der Waals surface area contributed by atoms with Crippen LogP contribution in [-0.2, 0) is 0 Å². The number of hydrogen-bond acceptors (Lipinski definition) is 6. The van der Waals surface area contributed by atoms with Gasteiger partial charge >= 0.3 is 6.01 Å². The summed E-state index contributed by atoms with van der Waals surface area (Å²) >= 11 is 0. The van der Waals surface area contributed by atoms with E-state index < -0.39 is 0 Å². The molecular weight excluding hydrogens is 486 g/mol. The lowest BCUT2D eigenvalue weighted by Gasteiger charge is -2.10. The topological polar surface area (TPSA) is 81.3 Å². The lowest BCUT2D eigenvalue weighted by atomic mass is 10.1. The lowest BCUT2D eigenvalue weighted by Crippen LogP contribution is -2.05. The third kappa shape index (κ3) is 6.75. The summed E-state index contributed by atoms with van der Waals surface area (Å²) < 4.78 is 12.1. The van der Waals surface area contributed by atoms with Crippen molar-refractivity contribution in [2.45, 2.75) is 71.1 Å². The maximum Gasteiger partial charge on any atom is 0.320 e. The smallest absolute Gasteiger partial charge is 0.320 e. The minimum absolute atomic E-state index is 0.114. The molecule has 6 nitrogen and oxygen atoms in total. The predicted molar refractivity (Wildman–Crippen MR) is 157 cm³/mol. The van der Waals surface area contributed by atoms with E-state index in [0.29, 0.717) is 23.8 Å². The van der Waals surface area contributed by atoms with Crippen molar-refractivity contribution in [1.29, 1.82) is 0 Å². The molecule has 2 heterocycles. The summed E-state index contributed by atoms with van der Waals surface area (Å²) in [5, 5.41) is 12.6. The van der Waals surface area contributed by atoms with Gasteiger partial charge in [0.05, 0.1) is 12.2 Å². The first kappa shape index (κ1) is 26.7. The number of hydrogen-bond donors (Lipinski definition) is 1. The van der Waals surface area contributed by atoms with E-state index >= 15 is 0 Å². The molecule has 0 saturated carbocycles.